The smallest absolute Gasteiger partial charge is 0.123 e. The minimum absolute atomic E-state index is 0.266. The molecule has 0 bridgehead atoms. The average Bonchev–Trinajstić information content (AvgIpc) is 2.74. The minimum Gasteiger partial charge on any atom is -0.488 e. The van der Waals surface area contributed by atoms with Crippen LogP contribution in [-0.2, 0) is 6.42 Å². The lowest BCUT2D eigenvalue weighted by Crippen LogP contribution is -2.42. The van der Waals surface area contributed by atoms with Gasteiger partial charge in [0.1, 0.15) is 11.9 Å². The first-order chi connectivity index (χ1) is 9.21. The van der Waals surface area contributed by atoms with Crippen LogP contribution in [-0.4, -0.2) is 19.2 Å². The average molecular weight is 280 g/mol. The normalized spacial score (nSPS) is 23.6. The lowest BCUT2D eigenvalue weighted by atomic mass is 9.67. The van der Waals surface area contributed by atoms with E-state index in [1.165, 1.54) is 31.2 Å². The van der Waals surface area contributed by atoms with Gasteiger partial charge in [0.2, 0.25) is 0 Å². The molecule has 0 spiro atoms. The Hall–Kier alpha value is -0.730. The molecule has 1 unspecified atom stereocenters. The summed E-state index contributed by atoms with van der Waals surface area (Å²) >= 11 is 6.01. The van der Waals surface area contributed by atoms with Crippen LogP contribution in [0.2, 0.25) is 5.02 Å². The highest BCUT2D eigenvalue weighted by atomic mass is 35.5. The van der Waals surface area contributed by atoms with Gasteiger partial charge in [-0.15, -0.1) is 0 Å². The highest BCUT2D eigenvalue weighted by Gasteiger charge is 2.34. The van der Waals surface area contributed by atoms with Crippen LogP contribution in [0.25, 0.3) is 0 Å². The third kappa shape index (κ3) is 2.75. The molecule has 1 N–H and O–H groups in total. The highest BCUT2D eigenvalue weighted by molar-refractivity contribution is 6.30. The third-order valence-electron chi connectivity index (χ3n) is 4.80. The van der Waals surface area contributed by atoms with Crippen molar-refractivity contribution in [2.24, 2.45) is 5.41 Å². The molecule has 1 fully saturated rings. The Bertz CT molecular complexity index is 451. The molecule has 0 radical (unpaired) electrons. The second-order valence-electron chi connectivity index (χ2n) is 6.03. The summed E-state index contributed by atoms with van der Waals surface area (Å²) in [6, 6.07) is 5.91. The Morgan fingerprint density at radius 2 is 2.26 bits per heavy atom. The molecule has 1 aliphatic heterocycles. The van der Waals surface area contributed by atoms with Gasteiger partial charge in [-0.1, -0.05) is 24.9 Å². The Labute approximate surface area is 120 Å². The number of halogens is 1. The zero-order valence-corrected chi connectivity index (χ0v) is 12.3. The van der Waals surface area contributed by atoms with E-state index in [4.69, 9.17) is 16.3 Å². The molecule has 3 rings (SSSR count). The van der Waals surface area contributed by atoms with Crippen LogP contribution < -0.4 is 10.1 Å². The Balaban J connectivity index is 1.48. The molecular formula is C16H22ClNO. The number of fused-ring (bicyclic) bond motifs is 1. The number of benzene rings is 1. The second-order valence-corrected chi connectivity index (χ2v) is 6.47. The predicted molar refractivity (Wildman–Crippen MR) is 79.0 cm³/mol. The van der Waals surface area contributed by atoms with Crippen molar-refractivity contribution >= 4 is 11.6 Å². The van der Waals surface area contributed by atoms with Crippen LogP contribution >= 0.6 is 11.6 Å². The monoisotopic (exact) mass is 279 g/mol. The Morgan fingerprint density at radius 1 is 1.42 bits per heavy atom. The topological polar surface area (TPSA) is 21.3 Å². The molecule has 1 aromatic carbocycles. The van der Waals surface area contributed by atoms with Gasteiger partial charge in [-0.2, -0.15) is 0 Å². The van der Waals surface area contributed by atoms with E-state index < -0.39 is 0 Å². The molecule has 1 aliphatic carbocycles. The van der Waals surface area contributed by atoms with Crippen molar-refractivity contribution in [1.82, 2.24) is 5.32 Å². The second kappa shape index (κ2) is 5.34. The fraction of sp³-hybridized carbons (Fsp3) is 0.625. The zero-order chi connectivity index (χ0) is 13.3. The van der Waals surface area contributed by atoms with Crippen LogP contribution in [0.1, 0.15) is 38.2 Å². The van der Waals surface area contributed by atoms with Gasteiger partial charge in [0.25, 0.3) is 0 Å². The summed E-state index contributed by atoms with van der Waals surface area (Å²) in [6.45, 7) is 4.39. The van der Waals surface area contributed by atoms with Gasteiger partial charge < -0.3 is 10.1 Å². The maximum Gasteiger partial charge on any atom is 0.123 e. The largest absolute Gasteiger partial charge is 0.488 e. The highest BCUT2D eigenvalue weighted by Crippen LogP contribution is 2.43. The molecule has 104 valence electrons. The molecule has 1 aromatic rings. The van der Waals surface area contributed by atoms with Gasteiger partial charge in [-0.05, 0) is 48.4 Å². The number of hydrogen-bond acceptors (Lipinski definition) is 2. The molecular weight excluding hydrogens is 258 g/mol. The fourth-order valence-corrected chi connectivity index (χ4v) is 3.43. The molecule has 1 heterocycles. The maximum absolute atomic E-state index is 6.01. The first-order valence-electron chi connectivity index (χ1n) is 7.37. The Morgan fingerprint density at radius 3 is 2.95 bits per heavy atom. The van der Waals surface area contributed by atoms with Crippen molar-refractivity contribution in [2.45, 2.75) is 45.1 Å². The Kier molecular flexibility index (Phi) is 3.72. The molecule has 2 aliphatic rings. The van der Waals surface area contributed by atoms with Crippen LogP contribution in [0.15, 0.2) is 18.2 Å². The minimum atomic E-state index is 0.266. The van der Waals surface area contributed by atoms with Gasteiger partial charge in [0.05, 0.1) is 0 Å². The lowest BCUT2D eigenvalue weighted by molar-refractivity contribution is 0.117. The summed E-state index contributed by atoms with van der Waals surface area (Å²) in [6.07, 6.45) is 6.71. The van der Waals surface area contributed by atoms with Crippen LogP contribution in [0.5, 0.6) is 5.75 Å². The van der Waals surface area contributed by atoms with E-state index in [1.807, 2.05) is 18.2 Å². The van der Waals surface area contributed by atoms with Crippen LogP contribution in [0, 0.1) is 5.41 Å². The molecule has 19 heavy (non-hydrogen) atoms. The third-order valence-corrected chi connectivity index (χ3v) is 5.04. The quantitative estimate of drug-likeness (QED) is 0.885. The first-order valence-corrected chi connectivity index (χ1v) is 7.74. The number of ether oxygens (including phenoxy) is 1. The van der Waals surface area contributed by atoms with Crippen molar-refractivity contribution in [3.8, 4) is 5.75 Å². The van der Waals surface area contributed by atoms with Gasteiger partial charge in [-0.3, -0.25) is 0 Å². The van der Waals surface area contributed by atoms with E-state index in [2.05, 4.69) is 12.2 Å². The van der Waals surface area contributed by atoms with Crippen molar-refractivity contribution in [3.63, 3.8) is 0 Å². The molecule has 3 heteroatoms. The van der Waals surface area contributed by atoms with Crippen molar-refractivity contribution < 1.29 is 4.74 Å². The predicted octanol–water partition coefficient (Wildman–Crippen LogP) is 3.81. The number of nitrogens with one attached hydrogen (secondary N) is 1. The van der Waals surface area contributed by atoms with Crippen molar-refractivity contribution in [3.05, 3.63) is 28.8 Å². The summed E-state index contributed by atoms with van der Waals surface area (Å²) in [7, 11) is 0. The number of rotatable bonds is 5. The summed E-state index contributed by atoms with van der Waals surface area (Å²) in [5.74, 6) is 1.00. The molecule has 1 atom stereocenters. The zero-order valence-electron chi connectivity index (χ0n) is 11.5. The van der Waals surface area contributed by atoms with Gasteiger partial charge in [-0.25, -0.2) is 0 Å². The van der Waals surface area contributed by atoms with Crippen molar-refractivity contribution in [1.29, 1.82) is 0 Å². The summed E-state index contributed by atoms with van der Waals surface area (Å²) in [5.41, 5.74) is 1.82. The SMILES string of the molecule is CCC1(CNCC2Cc3cc(Cl)ccc3O2)CCC1. The van der Waals surface area contributed by atoms with E-state index in [-0.39, 0.29) is 6.10 Å². The number of hydrogen-bond donors (Lipinski definition) is 1. The lowest BCUT2D eigenvalue weighted by Gasteiger charge is -2.41. The van der Waals surface area contributed by atoms with Gasteiger partial charge >= 0.3 is 0 Å². The van der Waals surface area contributed by atoms with Crippen LogP contribution in [0.4, 0.5) is 0 Å². The summed E-state index contributed by atoms with van der Waals surface area (Å²) in [4.78, 5) is 0. The van der Waals surface area contributed by atoms with E-state index in [1.54, 1.807) is 0 Å². The molecule has 0 saturated heterocycles. The van der Waals surface area contributed by atoms with E-state index in [0.717, 1.165) is 30.3 Å². The standard InChI is InChI=1S/C16H22ClNO/c1-2-16(6-3-7-16)11-18-10-14-9-12-8-13(17)4-5-15(12)19-14/h4-5,8,14,18H,2-3,6-7,9-11H2,1H3. The van der Waals surface area contributed by atoms with E-state index >= 15 is 0 Å². The van der Waals surface area contributed by atoms with Gasteiger partial charge in [0.15, 0.2) is 0 Å². The van der Waals surface area contributed by atoms with E-state index in [9.17, 15) is 0 Å². The molecule has 1 saturated carbocycles. The van der Waals surface area contributed by atoms with E-state index in [0.29, 0.717) is 5.41 Å². The molecule has 2 nitrogen and oxygen atoms in total. The summed E-state index contributed by atoms with van der Waals surface area (Å²) < 4.78 is 5.94. The molecule has 0 aromatic heterocycles. The fourth-order valence-electron chi connectivity index (χ4n) is 3.23. The van der Waals surface area contributed by atoms with Crippen LogP contribution in [0.3, 0.4) is 0 Å². The molecule has 0 amide bonds. The maximum atomic E-state index is 6.01. The first kappa shape index (κ1) is 13.3. The van der Waals surface area contributed by atoms with Gasteiger partial charge in [0, 0.05) is 24.5 Å². The summed E-state index contributed by atoms with van der Waals surface area (Å²) in [5, 5.41) is 4.41. The van der Waals surface area contributed by atoms with Crippen molar-refractivity contribution in [2.75, 3.05) is 13.1 Å².